The molecule has 0 aliphatic heterocycles. The van der Waals surface area contributed by atoms with Gasteiger partial charge in [-0.3, -0.25) is 0 Å². The summed E-state index contributed by atoms with van der Waals surface area (Å²) in [6.07, 6.45) is 0. The molecule has 2 nitrogen and oxygen atoms in total. The highest BCUT2D eigenvalue weighted by molar-refractivity contribution is 6.25. The number of benzene rings is 9. The van der Waals surface area contributed by atoms with Crippen LogP contribution < -0.4 is 4.90 Å². The summed E-state index contributed by atoms with van der Waals surface area (Å²) < 4.78 is 2.38. The van der Waals surface area contributed by atoms with Crippen molar-refractivity contribution in [1.29, 1.82) is 0 Å². The number of para-hydroxylation sites is 2. The predicted molar refractivity (Wildman–Crippen MR) is 213 cm³/mol. The Kier molecular flexibility index (Phi) is 6.53. The molecule has 1 heterocycles. The third-order valence-electron chi connectivity index (χ3n) is 10.2. The quantitative estimate of drug-likeness (QED) is 0.171. The van der Waals surface area contributed by atoms with Crippen molar-refractivity contribution in [2.75, 3.05) is 4.90 Å². The van der Waals surface area contributed by atoms with E-state index in [-0.39, 0.29) is 0 Å². The molecule has 10 rings (SSSR count). The maximum atomic E-state index is 2.38. The van der Waals surface area contributed by atoms with E-state index in [4.69, 9.17) is 0 Å². The Morgan fingerprint density at radius 1 is 0.280 bits per heavy atom. The Morgan fingerprint density at radius 3 is 1.24 bits per heavy atom. The van der Waals surface area contributed by atoms with Crippen molar-refractivity contribution in [2.45, 2.75) is 0 Å². The van der Waals surface area contributed by atoms with Crippen LogP contribution >= 0.6 is 0 Å². The minimum absolute atomic E-state index is 1.10. The molecule has 0 radical (unpaired) electrons. The smallest absolute Gasteiger partial charge is 0.0541 e. The minimum Gasteiger partial charge on any atom is -0.310 e. The molecule has 0 aliphatic rings. The van der Waals surface area contributed by atoms with E-state index in [0.717, 1.165) is 22.7 Å². The van der Waals surface area contributed by atoms with E-state index >= 15 is 0 Å². The summed E-state index contributed by atoms with van der Waals surface area (Å²) in [4.78, 5) is 2.38. The van der Waals surface area contributed by atoms with Crippen LogP contribution in [0.1, 0.15) is 0 Å². The van der Waals surface area contributed by atoms with Gasteiger partial charge in [0, 0.05) is 33.5 Å². The van der Waals surface area contributed by atoms with Gasteiger partial charge in [0.15, 0.2) is 0 Å². The van der Waals surface area contributed by atoms with Gasteiger partial charge in [0.25, 0.3) is 0 Å². The lowest BCUT2D eigenvalue weighted by atomic mass is 9.94. The van der Waals surface area contributed by atoms with Crippen LogP contribution in [-0.2, 0) is 0 Å². The highest BCUT2D eigenvalue weighted by Crippen LogP contribution is 2.42. The first-order valence-electron chi connectivity index (χ1n) is 17.2. The fourth-order valence-corrected chi connectivity index (χ4v) is 7.87. The van der Waals surface area contributed by atoms with E-state index in [1.807, 2.05) is 0 Å². The molecule has 0 atom stereocenters. The molecular weight excluding hydrogens is 605 g/mol. The summed E-state index contributed by atoms with van der Waals surface area (Å²) in [5, 5.41) is 10.2. The first-order valence-corrected chi connectivity index (χ1v) is 17.2. The number of nitrogens with zero attached hydrogens (tertiary/aromatic N) is 2. The number of rotatable bonds is 5. The fourth-order valence-electron chi connectivity index (χ4n) is 7.87. The zero-order valence-corrected chi connectivity index (χ0v) is 27.4. The van der Waals surface area contributed by atoms with Crippen molar-refractivity contribution in [1.82, 2.24) is 4.57 Å². The Balaban J connectivity index is 1.16. The Hall–Kier alpha value is -6.64. The summed E-state index contributed by atoms with van der Waals surface area (Å²) in [5.74, 6) is 0. The van der Waals surface area contributed by atoms with Gasteiger partial charge in [-0.15, -0.1) is 0 Å². The van der Waals surface area contributed by atoms with Crippen LogP contribution in [0, 0.1) is 0 Å². The van der Waals surface area contributed by atoms with Gasteiger partial charge in [0.1, 0.15) is 0 Å². The number of hydrogen-bond donors (Lipinski definition) is 0. The Morgan fingerprint density at radius 2 is 0.680 bits per heavy atom. The van der Waals surface area contributed by atoms with Crippen LogP contribution in [0.2, 0.25) is 0 Å². The number of hydrogen-bond acceptors (Lipinski definition) is 1. The molecule has 2 heteroatoms. The van der Waals surface area contributed by atoms with E-state index in [9.17, 15) is 0 Å². The van der Waals surface area contributed by atoms with Gasteiger partial charge in [-0.2, -0.15) is 0 Å². The van der Waals surface area contributed by atoms with E-state index in [0.29, 0.717) is 0 Å². The molecule has 0 aliphatic carbocycles. The van der Waals surface area contributed by atoms with E-state index in [1.165, 1.54) is 65.3 Å². The molecule has 0 fully saturated rings. The number of aromatic nitrogens is 1. The van der Waals surface area contributed by atoms with Crippen molar-refractivity contribution < 1.29 is 0 Å². The molecule has 234 valence electrons. The SMILES string of the molecule is c1ccc(-c2ccc(N(c3ccc(-n4c5ccccc5c5ccccc54)cc3)c3ccc4c5ccccc5c5ccccc5c4c3)cc2)cc1. The lowest BCUT2D eigenvalue weighted by Crippen LogP contribution is -2.10. The van der Waals surface area contributed by atoms with Crippen molar-refractivity contribution in [3.8, 4) is 16.8 Å². The van der Waals surface area contributed by atoms with Crippen molar-refractivity contribution in [3.05, 3.63) is 194 Å². The molecule has 0 unspecified atom stereocenters. The van der Waals surface area contributed by atoms with Crippen LogP contribution in [-0.4, -0.2) is 4.57 Å². The maximum Gasteiger partial charge on any atom is 0.0541 e. The number of fused-ring (bicyclic) bond motifs is 9. The minimum atomic E-state index is 1.10. The van der Waals surface area contributed by atoms with Crippen LogP contribution in [0.25, 0.3) is 70.9 Å². The highest BCUT2D eigenvalue weighted by atomic mass is 15.1. The lowest BCUT2D eigenvalue weighted by molar-refractivity contribution is 1.17. The standard InChI is InChI=1S/C48H32N2/c1-2-12-33(13-3-1)34-22-24-35(25-23-34)49(38-30-31-43-41-16-5-4-14-39(41)40-15-6-7-17-42(40)46(43)32-38)36-26-28-37(29-27-36)50-47-20-10-8-18-44(47)45-19-9-11-21-48(45)50/h1-32H. The van der Waals surface area contributed by atoms with Gasteiger partial charge in [0.2, 0.25) is 0 Å². The number of anilines is 3. The van der Waals surface area contributed by atoms with Crippen LogP contribution in [0.5, 0.6) is 0 Å². The predicted octanol–water partition coefficient (Wildman–Crippen LogP) is 13.4. The summed E-state index contributed by atoms with van der Waals surface area (Å²) in [6.45, 7) is 0. The van der Waals surface area contributed by atoms with E-state index < -0.39 is 0 Å². The molecule has 9 aromatic carbocycles. The topological polar surface area (TPSA) is 8.17 Å². The summed E-state index contributed by atoms with van der Waals surface area (Å²) in [5.41, 5.74) is 9.31. The molecule has 10 aromatic rings. The molecule has 0 saturated carbocycles. The molecule has 0 spiro atoms. The Bertz CT molecular complexity index is 2760. The molecule has 0 bridgehead atoms. The van der Waals surface area contributed by atoms with Crippen LogP contribution in [0.4, 0.5) is 17.1 Å². The first kappa shape index (κ1) is 28.4. The second-order valence-corrected chi connectivity index (χ2v) is 13.0. The molecule has 0 saturated heterocycles. The third kappa shape index (κ3) is 4.50. The highest BCUT2D eigenvalue weighted by Gasteiger charge is 2.17. The van der Waals surface area contributed by atoms with Gasteiger partial charge in [-0.25, -0.2) is 0 Å². The van der Waals surface area contributed by atoms with Gasteiger partial charge < -0.3 is 9.47 Å². The van der Waals surface area contributed by atoms with E-state index in [1.54, 1.807) is 0 Å². The van der Waals surface area contributed by atoms with Crippen molar-refractivity contribution in [2.24, 2.45) is 0 Å². The third-order valence-corrected chi connectivity index (χ3v) is 10.2. The molecule has 0 amide bonds. The van der Waals surface area contributed by atoms with Crippen molar-refractivity contribution in [3.63, 3.8) is 0 Å². The lowest BCUT2D eigenvalue weighted by Gasteiger charge is -2.27. The normalized spacial score (nSPS) is 11.6. The zero-order chi connectivity index (χ0) is 33.0. The van der Waals surface area contributed by atoms with Gasteiger partial charge >= 0.3 is 0 Å². The second kappa shape index (κ2) is 11.5. The average Bonchev–Trinajstić information content (AvgIpc) is 3.53. The largest absolute Gasteiger partial charge is 0.310 e. The van der Waals surface area contributed by atoms with Crippen LogP contribution in [0.3, 0.4) is 0 Å². The van der Waals surface area contributed by atoms with Crippen LogP contribution in [0.15, 0.2) is 194 Å². The van der Waals surface area contributed by atoms with E-state index in [2.05, 4.69) is 204 Å². The van der Waals surface area contributed by atoms with Gasteiger partial charge in [-0.05, 0) is 104 Å². The van der Waals surface area contributed by atoms with Gasteiger partial charge in [-0.1, -0.05) is 133 Å². The fraction of sp³-hybridized carbons (Fsp3) is 0. The molecule has 50 heavy (non-hydrogen) atoms. The second-order valence-electron chi connectivity index (χ2n) is 13.0. The monoisotopic (exact) mass is 636 g/mol. The average molecular weight is 637 g/mol. The first-order chi connectivity index (χ1) is 24.8. The molecule has 1 aromatic heterocycles. The van der Waals surface area contributed by atoms with Crippen molar-refractivity contribution >= 4 is 71.2 Å². The molecule has 0 N–H and O–H groups in total. The summed E-state index contributed by atoms with van der Waals surface area (Å²) in [7, 11) is 0. The Labute approximate surface area is 290 Å². The van der Waals surface area contributed by atoms with Gasteiger partial charge in [0.05, 0.1) is 11.0 Å². The molecular formula is C48H32N2. The summed E-state index contributed by atoms with van der Waals surface area (Å²) >= 11 is 0. The summed E-state index contributed by atoms with van der Waals surface area (Å²) in [6, 6.07) is 70.4. The zero-order valence-electron chi connectivity index (χ0n) is 27.4. The maximum absolute atomic E-state index is 2.38.